The molecule has 3 aromatic heterocycles. The van der Waals surface area contributed by atoms with Crippen LogP contribution in [0.25, 0.3) is 15.2 Å². The van der Waals surface area contributed by atoms with Gasteiger partial charge in [-0.25, -0.2) is 13.8 Å². The highest BCUT2D eigenvalue weighted by molar-refractivity contribution is 7.21. The van der Waals surface area contributed by atoms with Crippen LogP contribution < -0.4 is 21.3 Å². The monoisotopic (exact) mass is 651 g/mol. The predicted octanol–water partition coefficient (Wildman–Crippen LogP) is 4.36. The van der Waals surface area contributed by atoms with E-state index in [-0.39, 0.29) is 30.0 Å². The summed E-state index contributed by atoms with van der Waals surface area (Å²) in [5.41, 5.74) is -1.99. The first-order valence-electron chi connectivity index (χ1n) is 15.2. The molecule has 4 aromatic rings. The molecule has 0 unspecified atom stereocenters. The molecule has 5 rings (SSSR count). The molecule has 244 valence electrons. The summed E-state index contributed by atoms with van der Waals surface area (Å²) in [6.07, 6.45) is 4.42. The zero-order valence-electron chi connectivity index (χ0n) is 26.7. The first kappa shape index (κ1) is 33.0. The second-order valence-corrected chi connectivity index (χ2v) is 13.3. The fourth-order valence-electron chi connectivity index (χ4n) is 5.94. The molecule has 1 N–H and O–H groups in total. The molecule has 46 heavy (non-hydrogen) atoms. The Kier molecular flexibility index (Phi) is 9.46. The molecule has 0 saturated heterocycles. The van der Waals surface area contributed by atoms with Gasteiger partial charge < -0.3 is 14.8 Å². The SMILES string of the molecule is COc1ccc(F)cc1[C@H](Cn1c(=O)n(C(C)(C)C(=O)NC(C)C)c(=O)c2c(C)c(-n3nccn3)sc21)O[C@H]1CC[C@H](C#N)CC1. The standard InChI is InChI=1S/C32H38FN7O5S/c1-18(2)37-30(42)32(4,5)39-27(41)26-19(3)28(40-35-13-14-36-40)46-29(26)38(31(39)43)17-25(23-15-21(33)9-12-24(23)44-6)45-22-10-7-20(16-34)8-11-22/h9,12-15,18,20,22,25H,7-8,10-11,17H2,1-6H3,(H,37,42)/t20-,22-,25-/m0/s1. The van der Waals surface area contributed by atoms with Crippen molar-refractivity contribution in [1.82, 2.24) is 29.4 Å². The third-order valence-electron chi connectivity index (χ3n) is 8.42. The lowest BCUT2D eigenvalue weighted by Crippen LogP contribution is -2.56. The van der Waals surface area contributed by atoms with Crippen molar-refractivity contribution < 1.29 is 18.7 Å². The number of amides is 1. The van der Waals surface area contributed by atoms with Crippen LogP contribution >= 0.6 is 11.3 Å². The van der Waals surface area contributed by atoms with Gasteiger partial charge in [-0.3, -0.25) is 14.2 Å². The Balaban J connectivity index is 1.74. The molecule has 1 aliphatic rings. The predicted molar refractivity (Wildman–Crippen MR) is 171 cm³/mol. The second kappa shape index (κ2) is 13.2. The van der Waals surface area contributed by atoms with Crippen LogP contribution in [0.2, 0.25) is 0 Å². The van der Waals surface area contributed by atoms with Gasteiger partial charge in [-0.2, -0.15) is 15.5 Å². The summed E-state index contributed by atoms with van der Waals surface area (Å²) >= 11 is 1.16. The lowest BCUT2D eigenvalue weighted by molar-refractivity contribution is -0.129. The highest BCUT2D eigenvalue weighted by atomic mass is 32.1. The molecule has 1 aliphatic carbocycles. The van der Waals surface area contributed by atoms with E-state index in [0.717, 1.165) is 15.9 Å². The van der Waals surface area contributed by atoms with Crippen molar-refractivity contribution in [1.29, 1.82) is 5.26 Å². The van der Waals surface area contributed by atoms with Gasteiger partial charge >= 0.3 is 5.69 Å². The van der Waals surface area contributed by atoms with Gasteiger partial charge in [0.1, 0.15) is 33.0 Å². The maximum atomic E-state index is 14.8. The average Bonchev–Trinajstić information content (AvgIpc) is 3.67. The van der Waals surface area contributed by atoms with Gasteiger partial charge in [-0.05, 0) is 78.5 Å². The Bertz CT molecular complexity index is 1900. The van der Waals surface area contributed by atoms with Gasteiger partial charge in [-0.1, -0.05) is 11.3 Å². The zero-order valence-corrected chi connectivity index (χ0v) is 27.6. The lowest BCUT2D eigenvalue weighted by atomic mass is 9.88. The van der Waals surface area contributed by atoms with E-state index in [9.17, 15) is 24.0 Å². The molecule has 1 amide bonds. The molecular weight excluding hydrogens is 613 g/mol. The fraction of sp³-hybridized carbons (Fsp3) is 0.500. The first-order valence-corrected chi connectivity index (χ1v) is 16.0. The van der Waals surface area contributed by atoms with Crippen molar-refractivity contribution in [2.24, 2.45) is 5.92 Å². The zero-order chi connectivity index (χ0) is 33.3. The number of methoxy groups -OCH3 is 1. The summed E-state index contributed by atoms with van der Waals surface area (Å²) < 4.78 is 29.4. The molecular formula is C32H38FN7O5S. The van der Waals surface area contributed by atoms with Crippen LogP contribution in [0, 0.1) is 30.0 Å². The smallest absolute Gasteiger partial charge is 0.333 e. The number of carbonyl (C=O) groups excluding carboxylic acids is 1. The molecule has 1 aromatic carbocycles. The molecule has 14 heteroatoms. The Hall–Kier alpha value is -4.35. The minimum Gasteiger partial charge on any atom is -0.496 e. The van der Waals surface area contributed by atoms with Crippen LogP contribution in [0.5, 0.6) is 5.75 Å². The van der Waals surface area contributed by atoms with Crippen LogP contribution in [0.1, 0.15) is 70.6 Å². The van der Waals surface area contributed by atoms with Crippen molar-refractivity contribution in [3.05, 3.63) is 68.4 Å². The summed E-state index contributed by atoms with van der Waals surface area (Å²) in [6, 6.07) is 6.19. The van der Waals surface area contributed by atoms with Crippen LogP contribution in [-0.4, -0.2) is 49.3 Å². The first-order chi connectivity index (χ1) is 21.9. The number of nitrogens with one attached hydrogen (secondary N) is 1. The van der Waals surface area contributed by atoms with E-state index < -0.39 is 34.6 Å². The number of aromatic nitrogens is 5. The highest BCUT2D eigenvalue weighted by Crippen LogP contribution is 2.37. The number of carbonyl (C=O) groups is 1. The summed E-state index contributed by atoms with van der Waals surface area (Å²) in [5.74, 6) is -0.695. The highest BCUT2D eigenvalue weighted by Gasteiger charge is 2.37. The van der Waals surface area contributed by atoms with Gasteiger partial charge in [0.05, 0.1) is 43.6 Å². The molecule has 0 bridgehead atoms. The third kappa shape index (κ3) is 6.21. The van der Waals surface area contributed by atoms with E-state index in [1.807, 2.05) is 0 Å². The summed E-state index contributed by atoms with van der Waals surface area (Å²) in [4.78, 5) is 43.9. The number of rotatable bonds is 10. The minimum absolute atomic E-state index is 0.0598. The Morgan fingerprint density at radius 2 is 1.87 bits per heavy atom. The third-order valence-corrected chi connectivity index (χ3v) is 9.70. The van der Waals surface area contributed by atoms with Crippen molar-refractivity contribution in [3.63, 3.8) is 0 Å². The number of aryl methyl sites for hydroxylation is 1. The van der Waals surface area contributed by atoms with Gasteiger partial charge in [0.15, 0.2) is 0 Å². The van der Waals surface area contributed by atoms with Crippen molar-refractivity contribution >= 4 is 27.5 Å². The summed E-state index contributed by atoms with van der Waals surface area (Å²) in [7, 11) is 1.47. The van der Waals surface area contributed by atoms with Crippen LogP contribution in [0.3, 0.4) is 0 Å². The Morgan fingerprint density at radius 1 is 1.20 bits per heavy atom. The molecule has 3 heterocycles. The maximum Gasteiger partial charge on any atom is 0.333 e. The molecule has 12 nitrogen and oxygen atoms in total. The number of nitrogens with zero attached hydrogens (tertiary/aromatic N) is 6. The van der Waals surface area contributed by atoms with Gasteiger partial charge in [0.25, 0.3) is 5.56 Å². The number of hydrogen-bond acceptors (Lipinski definition) is 9. The van der Waals surface area contributed by atoms with E-state index in [1.54, 1.807) is 20.8 Å². The maximum absolute atomic E-state index is 14.8. The van der Waals surface area contributed by atoms with E-state index in [1.165, 1.54) is 60.9 Å². The number of benzene rings is 1. The number of hydrogen-bond donors (Lipinski definition) is 1. The minimum atomic E-state index is -1.57. The Labute approximate surface area is 269 Å². The van der Waals surface area contributed by atoms with Gasteiger partial charge in [0.2, 0.25) is 5.91 Å². The summed E-state index contributed by atoms with van der Waals surface area (Å²) in [5, 5.41) is 21.5. The van der Waals surface area contributed by atoms with E-state index in [2.05, 4.69) is 21.6 Å². The number of nitriles is 1. The van der Waals surface area contributed by atoms with Crippen LogP contribution in [0.4, 0.5) is 4.39 Å². The van der Waals surface area contributed by atoms with Gasteiger partial charge in [-0.15, -0.1) is 4.80 Å². The molecule has 0 aliphatic heterocycles. The molecule has 1 saturated carbocycles. The van der Waals surface area contributed by atoms with Crippen molar-refractivity contribution in [2.45, 2.75) is 90.6 Å². The lowest BCUT2D eigenvalue weighted by Gasteiger charge is -2.31. The number of thiophene rings is 1. The van der Waals surface area contributed by atoms with Crippen LogP contribution in [0.15, 0.2) is 40.2 Å². The van der Waals surface area contributed by atoms with Crippen LogP contribution in [-0.2, 0) is 21.6 Å². The quantitative estimate of drug-likeness (QED) is 0.266. The number of ether oxygens (including phenoxy) is 2. The van der Waals surface area contributed by atoms with Crippen molar-refractivity contribution in [2.75, 3.05) is 7.11 Å². The molecule has 1 atom stereocenters. The van der Waals surface area contributed by atoms with Gasteiger partial charge in [0, 0.05) is 23.1 Å². The molecule has 0 spiro atoms. The van der Waals surface area contributed by atoms with E-state index in [4.69, 9.17) is 9.47 Å². The number of halogens is 1. The molecule has 0 radical (unpaired) electrons. The topological polar surface area (TPSA) is 146 Å². The summed E-state index contributed by atoms with van der Waals surface area (Å²) in [6.45, 7) is 8.26. The van der Waals surface area contributed by atoms with Crippen molar-refractivity contribution in [3.8, 4) is 16.8 Å². The van der Waals surface area contributed by atoms with E-state index >= 15 is 0 Å². The average molecular weight is 652 g/mol. The second-order valence-electron chi connectivity index (χ2n) is 12.4. The molecule has 1 fully saturated rings. The fourth-order valence-corrected chi connectivity index (χ4v) is 7.16. The number of fused-ring (bicyclic) bond motifs is 1. The normalized spacial score (nSPS) is 17.6. The largest absolute Gasteiger partial charge is 0.496 e. The van der Waals surface area contributed by atoms with E-state index in [0.29, 0.717) is 52.4 Å². The Morgan fingerprint density at radius 3 is 2.48 bits per heavy atom.